The summed E-state index contributed by atoms with van der Waals surface area (Å²) in [6.45, 7) is 5.91. The van der Waals surface area contributed by atoms with Crippen LogP contribution in [0.1, 0.15) is 47.7 Å². The second kappa shape index (κ2) is 6.66. The molecule has 2 aromatic heterocycles. The number of rotatable bonds is 5. The smallest absolute Gasteiger partial charge is 0.276 e. The zero-order valence-corrected chi connectivity index (χ0v) is 16.8. The fraction of sp³-hybridized carbons (Fsp3) is 0.647. The molecule has 4 rings (SSSR count). The fourth-order valence-electron chi connectivity index (χ4n) is 4.41. The summed E-state index contributed by atoms with van der Waals surface area (Å²) in [5.74, 6) is 1.36. The molecule has 3 atom stereocenters. The molecule has 2 fully saturated rings. The maximum Gasteiger partial charge on any atom is 0.276 e. The molecule has 3 heterocycles. The normalized spacial score (nSPS) is 27.3. The van der Waals surface area contributed by atoms with Gasteiger partial charge in [0.05, 0.1) is 11.2 Å². The van der Waals surface area contributed by atoms with Crippen molar-refractivity contribution in [2.24, 2.45) is 5.92 Å². The molecule has 0 bridgehead atoms. The molecule has 28 heavy (non-hydrogen) atoms. The Morgan fingerprint density at radius 2 is 2.14 bits per heavy atom. The lowest BCUT2D eigenvalue weighted by Crippen LogP contribution is -2.40. The van der Waals surface area contributed by atoms with E-state index in [0.29, 0.717) is 43.4 Å². The van der Waals surface area contributed by atoms with Crippen LogP contribution in [0.3, 0.4) is 0 Å². The third-order valence-corrected chi connectivity index (χ3v) is 7.14. The van der Waals surface area contributed by atoms with Crippen molar-refractivity contribution in [3.8, 4) is 0 Å². The van der Waals surface area contributed by atoms with E-state index in [0.717, 1.165) is 0 Å². The molecule has 1 saturated carbocycles. The number of carbonyl (C=O) groups excluding carboxylic acids is 1. The Bertz CT molecular complexity index is 999. The van der Waals surface area contributed by atoms with E-state index < -0.39 is 15.4 Å². The van der Waals surface area contributed by atoms with Crippen LogP contribution in [0.2, 0.25) is 0 Å². The number of aryl methyl sites for hydroxylation is 2. The minimum Gasteiger partial charge on any atom is -0.361 e. The number of hydrogen-bond donors (Lipinski definition) is 1. The SMILES string of the molecule is CCS(=O)(=O)N[C@@H]1C[C@H]2CN(C(=O)c3cc(C)on3)C[C@@]2(c2nc(C)no2)C1. The number of amides is 1. The minimum absolute atomic E-state index is 0.00820. The first kappa shape index (κ1) is 19.1. The van der Waals surface area contributed by atoms with Crippen LogP contribution in [0.5, 0.6) is 0 Å². The molecule has 1 aliphatic heterocycles. The number of nitrogens with zero attached hydrogens (tertiary/aromatic N) is 4. The predicted molar refractivity (Wildman–Crippen MR) is 97.0 cm³/mol. The van der Waals surface area contributed by atoms with Crippen molar-refractivity contribution in [1.82, 2.24) is 24.9 Å². The first-order valence-corrected chi connectivity index (χ1v) is 10.9. The summed E-state index contributed by atoms with van der Waals surface area (Å²) in [4.78, 5) is 19.0. The van der Waals surface area contributed by atoms with Crippen LogP contribution in [0.25, 0.3) is 0 Å². The van der Waals surface area contributed by atoms with Gasteiger partial charge < -0.3 is 13.9 Å². The van der Waals surface area contributed by atoms with E-state index in [1.807, 2.05) is 0 Å². The molecular formula is C17H23N5O5S. The van der Waals surface area contributed by atoms with E-state index in [1.54, 1.807) is 31.7 Å². The van der Waals surface area contributed by atoms with Gasteiger partial charge in [0.1, 0.15) is 5.76 Å². The van der Waals surface area contributed by atoms with Crippen molar-refractivity contribution in [3.63, 3.8) is 0 Å². The lowest BCUT2D eigenvalue weighted by Gasteiger charge is -2.25. The number of likely N-dealkylation sites (tertiary alicyclic amines) is 1. The van der Waals surface area contributed by atoms with Gasteiger partial charge in [0, 0.05) is 25.2 Å². The molecule has 1 saturated heterocycles. The number of sulfonamides is 1. The van der Waals surface area contributed by atoms with Crippen LogP contribution in [0.15, 0.2) is 15.1 Å². The number of carbonyl (C=O) groups is 1. The van der Waals surface area contributed by atoms with Crippen LogP contribution in [0, 0.1) is 19.8 Å². The summed E-state index contributed by atoms with van der Waals surface area (Å²) in [7, 11) is -3.33. The second-order valence-corrected chi connectivity index (χ2v) is 9.71. The largest absolute Gasteiger partial charge is 0.361 e. The van der Waals surface area contributed by atoms with Crippen LogP contribution in [-0.4, -0.2) is 59.4 Å². The Hall–Kier alpha value is -2.27. The van der Waals surface area contributed by atoms with Crippen LogP contribution < -0.4 is 4.72 Å². The number of nitrogens with one attached hydrogen (secondary N) is 1. The van der Waals surface area contributed by atoms with Crippen LogP contribution in [0.4, 0.5) is 0 Å². The third-order valence-electron chi connectivity index (χ3n) is 5.69. The van der Waals surface area contributed by atoms with Gasteiger partial charge in [-0.15, -0.1) is 0 Å². The van der Waals surface area contributed by atoms with Gasteiger partial charge in [0.2, 0.25) is 15.9 Å². The lowest BCUT2D eigenvalue weighted by molar-refractivity contribution is 0.0763. The average molecular weight is 409 g/mol. The maximum absolute atomic E-state index is 12.9. The number of aromatic nitrogens is 3. The first-order chi connectivity index (χ1) is 13.2. The molecule has 0 radical (unpaired) electrons. The molecule has 11 heteroatoms. The molecule has 2 aliphatic rings. The predicted octanol–water partition coefficient (Wildman–Crippen LogP) is 0.786. The van der Waals surface area contributed by atoms with Gasteiger partial charge in [-0.25, -0.2) is 13.1 Å². The molecule has 1 amide bonds. The van der Waals surface area contributed by atoms with Gasteiger partial charge in [-0.1, -0.05) is 10.3 Å². The third kappa shape index (κ3) is 3.22. The lowest BCUT2D eigenvalue weighted by atomic mass is 9.80. The molecule has 0 spiro atoms. The highest BCUT2D eigenvalue weighted by molar-refractivity contribution is 7.89. The quantitative estimate of drug-likeness (QED) is 0.766. The van der Waals surface area contributed by atoms with Gasteiger partial charge in [0.25, 0.3) is 5.91 Å². The van der Waals surface area contributed by atoms with E-state index in [1.165, 1.54) is 0 Å². The zero-order chi connectivity index (χ0) is 20.1. The Balaban J connectivity index is 1.62. The standard InChI is InChI=1S/C17H23N5O5S/c1-4-28(24,25)21-13-6-12-8-22(15(23)14-5-10(2)26-20-14)9-17(12,7-13)16-18-11(3)19-27-16/h5,12-13,21H,4,6-9H2,1-3H3/t12-,13+,17-/m0/s1. The number of hydrogen-bond acceptors (Lipinski definition) is 8. The Morgan fingerprint density at radius 3 is 2.75 bits per heavy atom. The Kier molecular flexibility index (Phi) is 4.53. The van der Waals surface area contributed by atoms with Crippen molar-refractivity contribution >= 4 is 15.9 Å². The summed E-state index contributed by atoms with van der Waals surface area (Å²) in [5.41, 5.74) is -0.311. The van der Waals surface area contributed by atoms with E-state index in [2.05, 4.69) is 20.0 Å². The van der Waals surface area contributed by atoms with E-state index in [4.69, 9.17) is 9.05 Å². The monoisotopic (exact) mass is 409 g/mol. The summed E-state index contributed by atoms with van der Waals surface area (Å²) in [6.07, 6.45) is 1.10. The summed E-state index contributed by atoms with van der Waals surface area (Å²) in [6, 6.07) is 1.38. The maximum atomic E-state index is 12.9. The van der Waals surface area contributed by atoms with Crippen LogP contribution >= 0.6 is 0 Å². The average Bonchev–Trinajstić information content (AvgIpc) is 3.37. The van der Waals surface area contributed by atoms with Crippen molar-refractivity contribution in [3.05, 3.63) is 29.2 Å². The van der Waals surface area contributed by atoms with Crippen molar-refractivity contribution < 1.29 is 22.3 Å². The highest BCUT2D eigenvalue weighted by Gasteiger charge is 2.58. The molecular weight excluding hydrogens is 386 g/mol. The van der Waals surface area contributed by atoms with Gasteiger partial charge in [-0.2, -0.15) is 4.98 Å². The van der Waals surface area contributed by atoms with Gasteiger partial charge >= 0.3 is 0 Å². The van der Waals surface area contributed by atoms with E-state index >= 15 is 0 Å². The zero-order valence-electron chi connectivity index (χ0n) is 16.0. The summed E-state index contributed by atoms with van der Waals surface area (Å²) in [5, 5.41) is 7.73. The summed E-state index contributed by atoms with van der Waals surface area (Å²) >= 11 is 0. The van der Waals surface area contributed by atoms with Gasteiger partial charge in [-0.3, -0.25) is 4.79 Å². The van der Waals surface area contributed by atoms with Gasteiger partial charge in [0.15, 0.2) is 11.5 Å². The first-order valence-electron chi connectivity index (χ1n) is 9.26. The summed E-state index contributed by atoms with van der Waals surface area (Å²) < 4.78 is 37.3. The van der Waals surface area contributed by atoms with Crippen LogP contribution in [-0.2, 0) is 15.4 Å². The highest BCUT2D eigenvalue weighted by atomic mass is 32.2. The van der Waals surface area contributed by atoms with E-state index in [-0.39, 0.29) is 29.3 Å². The van der Waals surface area contributed by atoms with Gasteiger partial charge in [-0.05, 0) is 39.5 Å². The fourth-order valence-corrected chi connectivity index (χ4v) is 5.27. The molecule has 0 unspecified atom stereocenters. The Morgan fingerprint density at radius 1 is 1.36 bits per heavy atom. The molecule has 10 nitrogen and oxygen atoms in total. The van der Waals surface area contributed by atoms with Crippen molar-refractivity contribution in [2.75, 3.05) is 18.8 Å². The topological polar surface area (TPSA) is 131 Å². The Labute approximate surface area is 162 Å². The van der Waals surface area contributed by atoms with Crippen molar-refractivity contribution in [2.45, 2.75) is 45.1 Å². The van der Waals surface area contributed by atoms with Crippen molar-refractivity contribution in [1.29, 1.82) is 0 Å². The molecule has 1 aliphatic carbocycles. The molecule has 152 valence electrons. The van der Waals surface area contributed by atoms with E-state index in [9.17, 15) is 13.2 Å². The second-order valence-electron chi connectivity index (χ2n) is 7.67. The number of fused-ring (bicyclic) bond motifs is 1. The molecule has 1 N–H and O–H groups in total. The highest BCUT2D eigenvalue weighted by Crippen LogP contribution is 2.50. The minimum atomic E-state index is -3.33. The molecule has 2 aromatic rings. The molecule has 0 aromatic carbocycles.